The van der Waals surface area contributed by atoms with Gasteiger partial charge in [0.2, 0.25) is 5.55 Å². The predicted octanol–water partition coefficient (Wildman–Crippen LogP) is 7.03. The third kappa shape index (κ3) is 2.82. The van der Waals surface area contributed by atoms with E-state index in [1.54, 1.807) is 0 Å². The van der Waals surface area contributed by atoms with E-state index in [2.05, 4.69) is 20.9 Å². The van der Waals surface area contributed by atoms with E-state index in [1.807, 2.05) is 91.0 Å². The number of fused-ring (bicyclic) bond motifs is 4. The van der Waals surface area contributed by atoms with Crippen LogP contribution in [-0.4, -0.2) is 9.97 Å². The van der Waals surface area contributed by atoms with Gasteiger partial charge in [-0.1, -0.05) is 36.4 Å². The lowest BCUT2D eigenvalue weighted by atomic mass is 10.1. The number of aromatic amines is 1. The number of para-hydroxylation sites is 6. The van der Waals surface area contributed by atoms with Crippen molar-refractivity contribution in [3.63, 3.8) is 0 Å². The van der Waals surface area contributed by atoms with Crippen LogP contribution in [0.15, 0.2) is 101 Å². The minimum atomic E-state index is 0.0616. The maximum absolute atomic E-state index is 8.55. The van der Waals surface area contributed by atoms with Crippen LogP contribution in [0.4, 0.5) is 17.1 Å². The molecule has 4 aromatic carbocycles. The maximum Gasteiger partial charge on any atom is 0.223 e. The summed E-state index contributed by atoms with van der Waals surface area (Å²) in [5, 5.41) is 9.45. The molecule has 6 aromatic rings. The molecule has 3 heterocycles. The first-order valence-electron chi connectivity index (χ1n) is 11.0. The molecule has 0 amide bonds. The van der Waals surface area contributed by atoms with Crippen LogP contribution in [0.3, 0.4) is 0 Å². The van der Waals surface area contributed by atoms with Crippen LogP contribution < -0.4 is 15.2 Å². The van der Waals surface area contributed by atoms with E-state index in [1.165, 1.54) is 0 Å². The maximum atomic E-state index is 8.55. The molecule has 0 atom stereocenters. The molecule has 6 heteroatoms. The van der Waals surface area contributed by atoms with Crippen molar-refractivity contribution in [3.05, 3.63) is 103 Å². The second-order valence-corrected chi connectivity index (χ2v) is 8.19. The van der Waals surface area contributed by atoms with Gasteiger partial charge in [-0.05, 0) is 54.6 Å². The van der Waals surface area contributed by atoms with E-state index in [-0.39, 0.29) is 5.55 Å². The Morgan fingerprint density at radius 2 is 1.47 bits per heavy atom. The topological polar surface area (TPSA) is 78.1 Å². The van der Waals surface area contributed by atoms with Crippen molar-refractivity contribution >= 4 is 39.1 Å². The van der Waals surface area contributed by atoms with Crippen LogP contribution >= 0.6 is 0 Å². The fourth-order valence-corrected chi connectivity index (χ4v) is 4.49. The van der Waals surface area contributed by atoms with Crippen LogP contribution in [0.25, 0.3) is 33.4 Å². The standard InChI is InChI=1S/C28H18N4O2/c29-27-19(28-30-20-7-1-2-8-21(20)31-28)15-17-13-14-18(16-26(17)34-27)32-22-9-3-5-11-24(22)33-25-12-6-4-10-23(25)32/h1-16,29H,(H,30,31). The van der Waals surface area contributed by atoms with Gasteiger partial charge in [0.25, 0.3) is 0 Å². The molecular formula is C28H18N4O2. The molecule has 7 rings (SSSR count). The molecule has 2 aromatic heterocycles. The molecule has 0 saturated heterocycles. The van der Waals surface area contributed by atoms with Gasteiger partial charge in [-0.25, -0.2) is 4.98 Å². The Morgan fingerprint density at radius 1 is 0.765 bits per heavy atom. The van der Waals surface area contributed by atoms with Gasteiger partial charge < -0.3 is 19.0 Å². The normalized spacial score (nSPS) is 12.4. The van der Waals surface area contributed by atoms with Gasteiger partial charge in [-0.2, -0.15) is 0 Å². The summed E-state index contributed by atoms with van der Waals surface area (Å²) in [6, 6.07) is 31.7. The molecule has 1 aliphatic rings. The summed E-state index contributed by atoms with van der Waals surface area (Å²) < 4.78 is 12.1. The van der Waals surface area contributed by atoms with E-state index in [9.17, 15) is 0 Å². The first-order valence-corrected chi connectivity index (χ1v) is 11.0. The van der Waals surface area contributed by atoms with Gasteiger partial charge in [0, 0.05) is 11.5 Å². The fraction of sp³-hybridized carbons (Fsp3) is 0. The molecule has 162 valence electrons. The molecule has 2 N–H and O–H groups in total. The summed E-state index contributed by atoms with van der Waals surface area (Å²) in [5.41, 5.74) is 5.93. The second kappa shape index (κ2) is 7.08. The van der Waals surface area contributed by atoms with Crippen LogP contribution in [0.1, 0.15) is 0 Å². The number of anilines is 3. The highest BCUT2D eigenvalue weighted by Crippen LogP contribution is 2.50. The number of nitrogens with one attached hydrogen (secondary N) is 2. The number of aromatic nitrogens is 2. The van der Waals surface area contributed by atoms with E-state index in [4.69, 9.17) is 14.6 Å². The SMILES string of the molecule is N=c1oc2cc(N3c4ccccc4Oc4ccccc43)ccc2cc1-c1nc2ccccc2[nH]1. The summed E-state index contributed by atoms with van der Waals surface area (Å²) in [5.74, 6) is 2.20. The lowest BCUT2D eigenvalue weighted by Crippen LogP contribution is -2.15. The zero-order chi connectivity index (χ0) is 22.6. The molecule has 0 saturated carbocycles. The van der Waals surface area contributed by atoms with Crippen molar-refractivity contribution in [3.8, 4) is 22.9 Å². The number of imidazole rings is 1. The molecule has 0 radical (unpaired) electrons. The lowest BCUT2D eigenvalue weighted by Gasteiger charge is -2.32. The highest BCUT2D eigenvalue weighted by atomic mass is 16.5. The summed E-state index contributed by atoms with van der Waals surface area (Å²) >= 11 is 0. The molecule has 6 nitrogen and oxygen atoms in total. The molecule has 0 aliphatic carbocycles. The van der Waals surface area contributed by atoms with Crippen molar-refractivity contribution in [2.45, 2.75) is 0 Å². The van der Waals surface area contributed by atoms with E-state index in [0.717, 1.165) is 45.0 Å². The van der Waals surface area contributed by atoms with Gasteiger partial charge in [0.15, 0.2) is 11.5 Å². The number of hydrogen-bond donors (Lipinski definition) is 2. The zero-order valence-electron chi connectivity index (χ0n) is 17.9. The summed E-state index contributed by atoms with van der Waals surface area (Å²) in [4.78, 5) is 10.1. The molecule has 0 unspecified atom stereocenters. The second-order valence-electron chi connectivity index (χ2n) is 8.19. The Hall–Kier alpha value is -4.84. The third-order valence-electron chi connectivity index (χ3n) is 6.09. The van der Waals surface area contributed by atoms with Crippen molar-refractivity contribution in [2.24, 2.45) is 0 Å². The molecule has 0 bridgehead atoms. The van der Waals surface area contributed by atoms with Gasteiger partial charge in [-0.15, -0.1) is 0 Å². The van der Waals surface area contributed by atoms with Crippen molar-refractivity contribution < 1.29 is 9.15 Å². The van der Waals surface area contributed by atoms with Gasteiger partial charge in [0.1, 0.15) is 11.4 Å². The number of rotatable bonds is 2. The van der Waals surface area contributed by atoms with Crippen LogP contribution in [0.5, 0.6) is 11.5 Å². The average Bonchev–Trinajstić information content (AvgIpc) is 3.30. The van der Waals surface area contributed by atoms with Crippen molar-refractivity contribution in [2.75, 3.05) is 4.90 Å². The number of hydrogen-bond acceptors (Lipinski definition) is 5. The van der Waals surface area contributed by atoms with Crippen LogP contribution in [0.2, 0.25) is 0 Å². The summed E-state index contributed by atoms with van der Waals surface area (Å²) in [6.45, 7) is 0. The summed E-state index contributed by atoms with van der Waals surface area (Å²) in [6.07, 6.45) is 0. The third-order valence-corrected chi connectivity index (χ3v) is 6.09. The van der Waals surface area contributed by atoms with Gasteiger partial charge in [-0.3, -0.25) is 5.41 Å². The fourth-order valence-electron chi connectivity index (χ4n) is 4.49. The van der Waals surface area contributed by atoms with Gasteiger partial charge in [0.05, 0.1) is 33.7 Å². The molecule has 34 heavy (non-hydrogen) atoms. The highest BCUT2D eigenvalue weighted by molar-refractivity contribution is 5.91. The smallest absolute Gasteiger partial charge is 0.223 e. The zero-order valence-corrected chi connectivity index (χ0v) is 17.9. The Kier molecular flexibility index (Phi) is 3.90. The number of H-pyrrole nitrogens is 1. The molecule has 0 fully saturated rings. The minimum Gasteiger partial charge on any atom is -0.453 e. The molecule has 1 aliphatic heterocycles. The largest absolute Gasteiger partial charge is 0.453 e. The van der Waals surface area contributed by atoms with E-state index < -0.39 is 0 Å². The van der Waals surface area contributed by atoms with Crippen LogP contribution in [0, 0.1) is 5.41 Å². The lowest BCUT2D eigenvalue weighted by molar-refractivity contribution is 0.477. The molecular weight excluding hydrogens is 424 g/mol. The first-order chi connectivity index (χ1) is 16.7. The highest BCUT2D eigenvalue weighted by Gasteiger charge is 2.25. The Labute approximate surface area is 194 Å². The number of ether oxygens (including phenoxy) is 1. The van der Waals surface area contributed by atoms with Crippen molar-refractivity contribution in [1.29, 1.82) is 5.41 Å². The Balaban J connectivity index is 1.38. The average molecular weight is 442 g/mol. The first kappa shape index (κ1) is 18.7. The number of nitrogens with zero attached hydrogens (tertiary/aromatic N) is 2. The van der Waals surface area contributed by atoms with Gasteiger partial charge >= 0.3 is 0 Å². The minimum absolute atomic E-state index is 0.0616. The monoisotopic (exact) mass is 442 g/mol. The van der Waals surface area contributed by atoms with E-state index in [0.29, 0.717) is 17.0 Å². The Bertz CT molecular complexity index is 1700. The molecule has 0 spiro atoms. The Morgan fingerprint density at radius 3 is 2.24 bits per heavy atom. The predicted molar refractivity (Wildman–Crippen MR) is 132 cm³/mol. The van der Waals surface area contributed by atoms with Crippen LogP contribution in [-0.2, 0) is 0 Å². The van der Waals surface area contributed by atoms with Crippen molar-refractivity contribution in [1.82, 2.24) is 9.97 Å². The quantitative estimate of drug-likeness (QED) is 0.301. The summed E-state index contributed by atoms with van der Waals surface area (Å²) in [7, 11) is 0. The van der Waals surface area contributed by atoms with E-state index >= 15 is 0 Å². The number of benzene rings is 4.